The van der Waals surface area contributed by atoms with Crippen LogP contribution in [0.5, 0.6) is 0 Å². The van der Waals surface area contributed by atoms with E-state index in [1.54, 1.807) is 5.57 Å². The van der Waals surface area contributed by atoms with Gasteiger partial charge in [0.05, 0.1) is 0 Å². The van der Waals surface area contributed by atoms with Crippen molar-refractivity contribution in [2.24, 2.45) is 0 Å². The summed E-state index contributed by atoms with van der Waals surface area (Å²) in [4.78, 5) is 0. The Labute approximate surface area is 88.4 Å². The maximum Gasteiger partial charge on any atom is -0.0282 e. The van der Waals surface area contributed by atoms with Crippen molar-refractivity contribution in [1.29, 1.82) is 0 Å². The van der Waals surface area contributed by atoms with Gasteiger partial charge in [0.2, 0.25) is 0 Å². The van der Waals surface area contributed by atoms with E-state index in [9.17, 15) is 0 Å². The molecule has 0 amide bonds. The summed E-state index contributed by atoms with van der Waals surface area (Å²) in [6.07, 6.45) is 20.3. The van der Waals surface area contributed by atoms with Crippen LogP contribution in [-0.4, -0.2) is 0 Å². The third kappa shape index (κ3) is 5.06. The number of allylic oxidation sites excluding steroid dienone is 6. The van der Waals surface area contributed by atoms with Gasteiger partial charge < -0.3 is 0 Å². The first kappa shape index (κ1) is 11.3. The lowest BCUT2D eigenvalue weighted by molar-refractivity contribution is 0.807. The Bertz CT molecular complexity index is 218. The van der Waals surface area contributed by atoms with Gasteiger partial charge >= 0.3 is 0 Å². The highest BCUT2D eigenvalue weighted by Gasteiger charge is 1.97. The summed E-state index contributed by atoms with van der Waals surface area (Å²) in [5, 5.41) is 0. The second kappa shape index (κ2) is 7.61. The van der Waals surface area contributed by atoms with Crippen molar-refractivity contribution < 1.29 is 0 Å². The predicted molar refractivity (Wildman–Crippen MR) is 64.4 cm³/mol. The van der Waals surface area contributed by atoms with Gasteiger partial charge in [-0.2, -0.15) is 0 Å². The molecule has 0 heteroatoms. The first-order valence-corrected chi connectivity index (χ1v) is 5.93. The molecule has 0 bridgehead atoms. The Morgan fingerprint density at radius 3 is 2.86 bits per heavy atom. The van der Waals surface area contributed by atoms with Gasteiger partial charge in [0.1, 0.15) is 0 Å². The van der Waals surface area contributed by atoms with Gasteiger partial charge in [0, 0.05) is 0 Å². The van der Waals surface area contributed by atoms with Gasteiger partial charge in [-0.3, -0.25) is 0 Å². The summed E-state index contributed by atoms with van der Waals surface area (Å²) >= 11 is 0. The van der Waals surface area contributed by atoms with E-state index in [-0.39, 0.29) is 0 Å². The highest BCUT2D eigenvalue weighted by molar-refractivity contribution is 5.17. The van der Waals surface area contributed by atoms with Crippen molar-refractivity contribution in [3.63, 3.8) is 0 Å². The number of hydrogen-bond donors (Lipinski definition) is 0. The summed E-state index contributed by atoms with van der Waals surface area (Å²) in [7, 11) is 0. The zero-order valence-corrected chi connectivity index (χ0v) is 9.34. The van der Waals surface area contributed by atoms with Crippen LogP contribution in [-0.2, 0) is 0 Å². The van der Waals surface area contributed by atoms with E-state index in [1.165, 1.54) is 44.9 Å². The lowest BCUT2D eigenvalue weighted by Gasteiger charge is -2.06. The van der Waals surface area contributed by atoms with Crippen LogP contribution in [0.2, 0.25) is 0 Å². The molecule has 0 aromatic carbocycles. The third-order valence-corrected chi connectivity index (χ3v) is 2.62. The van der Waals surface area contributed by atoms with Crippen LogP contribution in [0.15, 0.2) is 36.0 Å². The number of unbranched alkanes of at least 4 members (excludes halogenated alkanes) is 2. The second-order valence-electron chi connectivity index (χ2n) is 3.94. The van der Waals surface area contributed by atoms with Crippen LogP contribution < -0.4 is 0 Å². The van der Waals surface area contributed by atoms with Crippen LogP contribution in [0.1, 0.15) is 51.9 Å². The first-order chi connectivity index (χ1) is 6.93. The highest BCUT2D eigenvalue weighted by atomic mass is 14.0. The van der Waals surface area contributed by atoms with Crippen LogP contribution in [0.3, 0.4) is 0 Å². The fourth-order valence-electron chi connectivity index (χ4n) is 1.69. The van der Waals surface area contributed by atoms with Crippen LogP contribution in [0, 0.1) is 0 Å². The second-order valence-corrected chi connectivity index (χ2v) is 3.94. The fourth-order valence-corrected chi connectivity index (χ4v) is 1.69. The van der Waals surface area contributed by atoms with Gasteiger partial charge in [0.15, 0.2) is 0 Å². The standard InChI is InChI=1S/C14H22/c1-2-3-4-5-6-8-11-14-12-9-7-10-13-14/h5-7,9,12H,2-4,8,10-11,13H2,1H3/b6-5-. The zero-order valence-electron chi connectivity index (χ0n) is 9.34. The summed E-state index contributed by atoms with van der Waals surface area (Å²) < 4.78 is 0. The molecule has 0 atom stereocenters. The van der Waals surface area contributed by atoms with Crippen molar-refractivity contribution in [3.8, 4) is 0 Å². The van der Waals surface area contributed by atoms with Crippen molar-refractivity contribution in [1.82, 2.24) is 0 Å². The Hall–Kier alpha value is -0.780. The molecule has 0 aromatic heterocycles. The quantitative estimate of drug-likeness (QED) is 0.417. The van der Waals surface area contributed by atoms with Crippen LogP contribution in [0.25, 0.3) is 0 Å². The van der Waals surface area contributed by atoms with E-state index in [2.05, 4.69) is 37.3 Å². The monoisotopic (exact) mass is 190 g/mol. The average molecular weight is 190 g/mol. The van der Waals surface area contributed by atoms with Crippen molar-refractivity contribution >= 4 is 0 Å². The molecule has 0 spiro atoms. The smallest absolute Gasteiger partial charge is 0.0282 e. The lowest BCUT2D eigenvalue weighted by atomic mass is 10.0. The SMILES string of the molecule is CCCC/C=C\CCC1=CC=CCC1. The van der Waals surface area contributed by atoms with E-state index in [0.717, 1.165) is 0 Å². The van der Waals surface area contributed by atoms with Crippen molar-refractivity contribution in [3.05, 3.63) is 36.0 Å². The fraction of sp³-hybridized carbons (Fsp3) is 0.571. The topological polar surface area (TPSA) is 0 Å². The van der Waals surface area contributed by atoms with E-state index in [0.29, 0.717) is 0 Å². The minimum absolute atomic E-state index is 1.23. The summed E-state index contributed by atoms with van der Waals surface area (Å²) in [6.45, 7) is 2.24. The minimum Gasteiger partial charge on any atom is -0.0885 e. The van der Waals surface area contributed by atoms with Gasteiger partial charge in [-0.05, 0) is 32.1 Å². The largest absolute Gasteiger partial charge is 0.0885 e. The number of rotatable bonds is 6. The Morgan fingerprint density at radius 2 is 2.14 bits per heavy atom. The number of hydrogen-bond acceptors (Lipinski definition) is 0. The molecular formula is C14H22. The molecule has 78 valence electrons. The summed E-state index contributed by atoms with van der Waals surface area (Å²) in [5.74, 6) is 0. The van der Waals surface area contributed by atoms with Crippen molar-refractivity contribution in [2.75, 3.05) is 0 Å². The molecule has 0 N–H and O–H groups in total. The Kier molecular flexibility index (Phi) is 6.14. The molecule has 0 unspecified atom stereocenters. The maximum absolute atomic E-state index is 2.34. The molecule has 1 rings (SSSR count). The molecular weight excluding hydrogens is 168 g/mol. The highest BCUT2D eigenvalue weighted by Crippen LogP contribution is 2.17. The zero-order chi connectivity index (χ0) is 10.1. The molecule has 1 aliphatic rings. The molecule has 0 saturated carbocycles. The molecule has 0 heterocycles. The maximum atomic E-state index is 2.34. The van der Waals surface area contributed by atoms with E-state index in [4.69, 9.17) is 0 Å². The van der Waals surface area contributed by atoms with Gasteiger partial charge in [-0.1, -0.05) is 55.7 Å². The third-order valence-electron chi connectivity index (χ3n) is 2.62. The first-order valence-electron chi connectivity index (χ1n) is 5.93. The Morgan fingerprint density at radius 1 is 1.29 bits per heavy atom. The molecule has 0 fully saturated rings. The molecule has 0 saturated heterocycles. The lowest BCUT2D eigenvalue weighted by Crippen LogP contribution is -1.86. The molecule has 0 nitrogen and oxygen atoms in total. The van der Waals surface area contributed by atoms with Crippen LogP contribution in [0.4, 0.5) is 0 Å². The van der Waals surface area contributed by atoms with E-state index < -0.39 is 0 Å². The van der Waals surface area contributed by atoms with Crippen molar-refractivity contribution in [2.45, 2.75) is 51.9 Å². The Balaban J connectivity index is 2.05. The van der Waals surface area contributed by atoms with Gasteiger partial charge in [-0.25, -0.2) is 0 Å². The molecule has 14 heavy (non-hydrogen) atoms. The summed E-state index contributed by atoms with van der Waals surface area (Å²) in [6, 6.07) is 0. The molecule has 0 aliphatic heterocycles. The van der Waals surface area contributed by atoms with Gasteiger partial charge in [0.25, 0.3) is 0 Å². The molecule has 1 aliphatic carbocycles. The predicted octanol–water partition coefficient (Wildman–Crippen LogP) is 4.79. The van der Waals surface area contributed by atoms with E-state index in [1.807, 2.05) is 0 Å². The average Bonchev–Trinajstić information content (AvgIpc) is 2.25. The van der Waals surface area contributed by atoms with Gasteiger partial charge in [-0.15, -0.1) is 0 Å². The van der Waals surface area contributed by atoms with Crippen LogP contribution >= 0.6 is 0 Å². The molecule has 0 radical (unpaired) electrons. The minimum atomic E-state index is 1.23. The van der Waals surface area contributed by atoms with E-state index >= 15 is 0 Å². The normalized spacial score (nSPS) is 16.2. The summed E-state index contributed by atoms with van der Waals surface area (Å²) in [5.41, 5.74) is 1.62. The molecule has 0 aromatic rings.